The third-order valence-electron chi connectivity index (χ3n) is 6.08. The van der Waals surface area contributed by atoms with E-state index in [0.29, 0.717) is 23.5 Å². The molecule has 1 unspecified atom stereocenters. The van der Waals surface area contributed by atoms with Crippen LogP contribution < -0.4 is 10.6 Å². The Morgan fingerprint density at radius 3 is 2.80 bits per heavy atom. The van der Waals surface area contributed by atoms with E-state index in [0.717, 1.165) is 25.2 Å². The van der Waals surface area contributed by atoms with Gasteiger partial charge in [0.05, 0.1) is 18.6 Å². The number of hydrogen-bond donors (Lipinski definition) is 2. The number of aryl methyl sites for hydroxylation is 1. The van der Waals surface area contributed by atoms with Gasteiger partial charge in [0, 0.05) is 41.0 Å². The van der Waals surface area contributed by atoms with Gasteiger partial charge in [-0.1, -0.05) is 0 Å². The van der Waals surface area contributed by atoms with Gasteiger partial charge in [0.15, 0.2) is 17.5 Å². The Hall–Kier alpha value is -3.62. The van der Waals surface area contributed by atoms with Gasteiger partial charge in [0.2, 0.25) is 5.95 Å². The Morgan fingerprint density at radius 1 is 1.17 bits per heavy atom. The molecule has 2 aromatic heterocycles. The fourth-order valence-electron chi connectivity index (χ4n) is 4.87. The predicted molar refractivity (Wildman–Crippen MR) is 136 cm³/mol. The van der Waals surface area contributed by atoms with Crippen molar-refractivity contribution < 1.29 is 4.21 Å². The molecule has 0 radical (unpaired) electrons. The molecule has 180 valence electrons. The van der Waals surface area contributed by atoms with Gasteiger partial charge in [0.1, 0.15) is 11.6 Å². The van der Waals surface area contributed by atoms with E-state index in [1.807, 2.05) is 0 Å². The lowest BCUT2D eigenvalue weighted by molar-refractivity contribution is 0.266. The summed E-state index contributed by atoms with van der Waals surface area (Å²) in [7, 11) is -0.212. The fourth-order valence-corrected chi connectivity index (χ4v) is 5.40. The molecule has 0 saturated carbocycles. The molecule has 1 aliphatic carbocycles. The standard InChI is InChI=1S/C24H27N9OS/c1-33-13-16-6-4-5-15-7-19(8-17(14-33)22(15)16)28-24-27-10-18(9-25)23(31-24)30-20-11-26-12-21(29-20)32-35(2,3)34/h7-8,10-12,16H,4-6,13-14H2,1-3H3,(H2,27,28,29,30,31). The van der Waals surface area contributed by atoms with E-state index in [2.05, 4.69) is 65.1 Å². The molecule has 35 heavy (non-hydrogen) atoms. The lowest BCUT2D eigenvalue weighted by atomic mass is 9.77. The first-order valence-corrected chi connectivity index (χ1v) is 13.7. The molecule has 0 saturated heterocycles. The molecule has 1 aliphatic heterocycles. The van der Waals surface area contributed by atoms with Crippen LogP contribution in [0.3, 0.4) is 0 Å². The summed E-state index contributed by atoms with van der Waals surface area (Å²) in [6, 6.07) is 6.49. The Kier molecular flexibility index (Phi) is 6.08. The topological polar surface area (TPSA) is 132 Å². The molecular formula is C24H27N9OS. The normalized spacial score (nSPS) is 17.3. The predicted octanol–water partition coefficient (Wildman–Crippen LogP) is 3.85. The van der Waals surface area contributed by atoms with Gasteiger partial charge in [-0.05, 0) is 61.1 Å². The molecule has 3 aromatic rings. The number of nitrogens with zero attached hydrogens (tertiary/aromatic N) is 7. The second-order valence-electron chi connectivity index (χ2n) is 9.35. The van der Waals surface area contributed by atoms with Crippen molar-refractivity contribution in [3.8, 4) is 6.07 Å². The number of anilines is 4. The zero-order valence-corrected chi connectivity index (χ0v) is 20.8. The van der Waals surface area contributed by atoms with Crippen molar-refractivity contribution in [2.45, 2.75) is 31.7 Å². The number of rotatable bonds is 5. The van der Waals surface area contributed by atoms with E-state index < -0.39 is 9.73 Å². The van der Waals surface area contributed by atoms with Crippen LogP contribution in [0.5, 0.6) is 0 Å². The molecule has 5 rings (SSSR count). The maximum absolute atomic E-state index is 12.0. The number of nitrogens with one attached hydrogen (secondary N) is 2. The molecule has 0 bridgehead atoms. The van der Waals surface area contributed by atoms with Gasteiger partial charge in [-0.25, -0.2) is 14.2 Å². The minimum Gasteiger partial charge on any atom is -0.324 e. The maximum Gasteiger partial charge on any atom is 0.229 e. The van der Waals surface area contributed by atoms with Crippen LogP contribution in [0.1, 0.15) is 41.0 Å². The van der Waals surface area contributed by atoms with E-state index >= 15 is 0 Å². The first-order chi connectivity index (χ1) is 16.8. The second-order valence-corrected chi connectivity index (χ2v) is 11.9. The second kappa shape index (κ2) is 9.20. The van der Waals surface area contributed by atoms with E-state index in [1.54, 1.807) is 0 Å². The molecule has 0 amide bonds. The highest BCUT2D eigenvalue weighted by molar-refractivity contribution is 7.92. The first kappa shape index (κ1) is 23.1. The van der Waals surface area contributed by atoms with Crippen LogP contribution >= 0.6 is 0 Å². The minimum absolute atomic E-state index is 0.238. The zero-order valence-electron chi connectivity index (χ0n) is 19.9. The van der Waals surface area contributed by atoms with Crippen molar-refractivity contribution in [1.29, 1.82) is 5.26 Å². The van der Waals surface area contributed by atoms with Gasteiger partial charge in [-0.2, -0.15) is 14.6 Å². The van der Waals surface area contributed by atoms with Crippen LogP contribution in [0.25, 0.3) is 0 Å². The van der Waals surface area contributed by atoms with Crippen LogP contribution in [0, 0.1) is 11.3 Å². The molecular weight excluding hydrogens is 462 g/mol. The van der Waals surface area contributed by atoms with Crippen LogP contribution in [0.4, 0.5) is 29.1 Å². The molecule has 2 aliphatic rings. The molecule has 2 N–H and O–H groups in total. The van der Waals surface area contributed by atoms with Crippen molar-refractivity contribution in [3.05, 3.63) is 53.0 Å². The van der Waals surface area contributed by atoms with Gasteiger partial charge in [-0.3, -0.25) is 4.98 Å². The lowest BCUT2D eigenvalue weighted by Crippen LogP contribution is -2.33. The third kappa shape index (κ3) is 5.23. The largest absolute Gasteiger partial charge is 0.324 e. The Labute approximate surface area is 205 Å². The number of hydrogen-bond acceptors (Lipinski definition) is 10. The van der Waals surface area contributed by atoms with Crippen molar-refractivity contribution in [1.82, 2.24) is 24.8 Å². The summed E-state index contributed by atoms with van der Waals surface area (Å²) in [5, 5.41) is 15.9. The Morgan fingerprint density at radius 2 is 2.00 bits per heavy atom. The quantitative estimate of drug-likeness (QED) is 0.548. The van der Waals surface area contributed by atoms with Crippen LogP contribution in [-0.4, -0.2) is 55.1 Å². The molecule has 0 spiro atoms. The highest BCUT2D eigenvalue weighted by atomic mass is 32.2. The Bertz CT molecular complexity index is 1450. The summed E-state index contributed by atoms with van der Waals surface area (Å²) in [6.07, 6.45) is 11.0. The third-order valence-corrected chi connectivity index (χ3v) is 6.70. The van der Waals surface area contributed by atoms with Crippen LogP contribution in [0.15, 0.2) is 35.1 Å². The van der Waals surface area contributed by atoms with Crippen molar-refractivity contribution >= 4 is 38.8 Å². The zero-order chi connectivity index (χ0) is 24.6. The van der Waals surface area contributed by atoms with Gasteiger partial charge in [0.25, 0.3) is 0 Å². The average molecular weight is 490 g/mol. The van der Waals surface area contributed by atoms with Crippen molar-refractivity contribution in [3.63, 3.8) is 0 Å². The maximum atomic E-state index is 12.0. The van der Waals surface area contributed by atoms with Crippen molar-refractivity contribution in [2.75, 3.05) is 36.7 Å². The first-order valence-electron chi connectivity index (χ1n) is 11.4. The number of benzene rings is 1. The summed E-state index contributed by atoms with van der Waals surface area (Å²) < 4.78 is 16.1. The number of aromatic nitrogens is 4. The molecule has 1 atom stereocenters. The number of likely N-dealkylation sites (N-methyl/N-ethyl adjacent to an activating group) is 1. The molecule has 0 fully saturated rings. The Balaban J connectivity index is 1.44. The van der Waals surface area contributed by atoms with E-state index in [1.165, 1.54) is 60.6 Å². The summed E-state index contributed by atoms with van der Waals surface area (Å²) >= 11 is 0. The molecule has 3 heterocycles. The molecule has 10 nitrogen and oxygen atoms in total. The van der Waals surface area contributed by atoms with Crippen molar-refractivity contribution in [2.24, 2.45) is 4.36 Å². The summed E-state index contributed by atoms with van der Waals surface area (Å²) in [6.45, 7) is 2.04. The molecule has 1 aromatic carbocycles. The fraction of sp³-hybridized carbons (Fsp3) is 0.375. The lowest BCUT2D eigenvalue weighted by Gasteiger charge is -2.37. The smallest absolute Gasteiger partial charge is 0.229 e. The average Bonchev–Trinajstić information content (AvgIpc) is 2.78. The van der Waals surface area contributed by atoms with E-state index in [-0.39, 0.29) is 11.4 Å². The number of nitriles is 1. The summed E-state index contributed by atoms with van der Waals surface area (Å²) in [5.41, 5.74) is 5.48. The van der Waals surface area contributed by atoms with Gasteiger partial charge >= 0.3 is 0 Å². The van der Waals surface area contributed by atoms with Crippen LogP contribution in [0.2, 0.25) is 0 Å². The van der Waals surface area contributed by atoms with Gasteiger partial charge < -0.3 is 15.5 Å². The summed E-state index contributed by atoms with van der Waals surface area (Å²) in [4.78, 5) is 19.7. The van der Waals surface area contributed by atoms with Gasteiger partial charge in [-0.15, -0.1) is 0 Å². The summed E-state index contributed by atoms with van der Waals surface area (Å²) in [5.74, 6) is 1.85. The highest BCUT2D eigenvalue weighted by Gasteiger charge is 2.29. The van der Waals surface area contributed by atoms with Crippen LogP contribution in [-0.2, 0) is 22.7 Å². The minimum atomic E-state index is -2.38. The van der Waals surface area contributed by atoms with E-state index in [9.17, 15) is 9.47 Å². The SMILES string of the molecule is CN1Cc2cc(Nc3ncc(C#N)c(Nc4cncc(N=S(C)(C)=O)n4)n3)cc3c2C(CCC3)C1. The monoisotopic (exact) mass is 489 g/mol. The molecule has 11 heteroatoms. The van der Waals surface area contributed by atoms with E-state index in [4.69, 9.17) is 0 Å². The highest BCUT2D eigenvalue weighted by Crippen LogP contribution is 2.40.